The van der Waals surface area contributed by atoms with Crippen molar-refractivity contribution in [1.82, 2.24) is 4.90 Å². The second-order valence-corrected chi connectivity index (χ2v) is 7.36. The Morgan fingerprint density at radius 2 is 1.61 bits per heavy atom. The van der Waals surface area contributed by atoms with Gasteiger partial charge in [-0.1, -0.05) is 11.8 Å². The molecule has 2 aromatic rings. The van der Waals surface area contributed by atoms with Crippen LogP contribution in [0.25, 0.3) is 0 Å². The number of piperazine rings is 1. The van der Waals surface area contributed by atoms with Crippen molar-refractivity contribution in [2.24, 2.45) is 0 Å². The molecule has 1 saturated heterocycles. The number of carbonyl (C=O) groups excluding carboxylic acids is 1. The fourth-order valence-electron chi connectivity index (χ4n) is 3.06. The van der Waals surface area contributed by atoms with Crippen molar-refractivity contribution >= 4 is 11.6 Å². The second-order valence-electron chi connectivity index (χ2n) is 7.36. The highest BCUT2D eigenvalue weighted by atomic mass is 16.5. The highest BCUT2D eigenvalue weighted by molar-refractivity contribution is 5.94. The van der Waals surface area contributed by atoms with Gasteiger partial charge in [0.2, 0.25) is 0 Å². The SMILES string of the molecule is COc1ccc(N2CCN(C(=O)c3ccc(C#CC(C)(C)O)cc3)CC2)cc1. The molecule has 1 aliphatic heterocycles. The second kappa shape index (κ2) is 8.37. The lowest BCUT2D eigenvalue weighted by Gasteiger charge is -2.36. The fourth-order valence-corrected chi connectivity index (χ4v) is 3.06. The minimum atomic E-state index is -1.03. The Kier molecular flexibility index (Phi) is 5.91. The van der Waals surface area contributed by atoms with Gasteiger partial charge in [0.25, 0.3) is 5.91 Å². The lowest BCUT2D eigenvalue weighted by atomic mass is 10.1. The van der Waals surface area contributed by atoms with Crippen molar-refractivity contribution in [2.45, 2.75) is 19.4 Å². The molecule has 0 unspecified atom stereocenters. The van der Waals surface area contributed by atoms with Gasteiger partial charge in [-0.2, -0.15) is 0 Å². The van der Waals surface area contributed by atoms with E-state index in [1.54, 1.807) is 33.1 Å². The third kappa shape index (κ3) is 5.05. The van der Waals surface area contributed by atoms with Crippen LogP contribution in [0.1, 0.15) is 29.8 Å². The number of ether oxygens (including phenoxy) is 1. The van der Waals surface area contributed by atoms with E-state index >= 15 is 0 Å². The molecule has 0 aromatic heterocycles. The molecule has 0 bridgehead atoms. The Balaban J connectivity index is 1.59. The number of aliphatic hydroxyl groups is 1. The number of hydrogen-bond acceptors (Lipinski definition) is 4. The Morgan fingerprint density at radius 3 is 2.14 bits per heavy atom. The van der Waals surface area contributed by atoms with Crippen LogP contribution in [-0.4, -0.2) is 54.8 Å². The Morgan fingerprint density at radius 1 is 1.00 bits per heavy atom. The fraction of sp³-hybridized carbons (Fsp3) is 0.348. The largest absolute Gasteiger partial charge is 0.497 e. The predicted molar refractivity (Wildman–Crippen MR) is 111 cm³/mol. The van der Waals surface area contributed by atoms with Gasteiger partial charge in [0.15, 0.2) is 0 Å². The zero-order valence-corrected chi connectivity index (χ0v) is 16.6. The molecule has 1 amide bonds. The summed E-state index contributed by atoms with van der Waals surface area (Å²) in [6.07, 6.45) is 0. The minimum Gasteiger partial charge on any atom is -0.497 e. The summed E-state index contributed by atoms with van der Waals surface area (Å²) in [5.74, 6) is 6.58. The minimum absolute atomic E-state index is 0.0383. The maximum Gasteiger partial charge on any atom is 0.253 e. The molecule has 1 heterocycles. The molecule has 5 nitrogen and oxygen atoms in total. The topological polar surface area (TPSA) is 53.0 Å². The summed E-state index contributed by atoms with van der Waals surface area (Å²) < 4.78 is 5.20. The Labute approximate surface area is 166 Å². The van der Waals surface area contributed by atoms with E-state index in [0.717, 1.165) is 30.1 Å². The van der Waals surface area contributed by atoms with E-state index in [9.17, 15) is 9.90 Å². The van der Waals surface area contributed by atoms with Crippen LogP contribution < -0.4 is 9.64 Å². The van der Waals surface area contributed by atoms with E-state index in [1.807, 2.05) is 41.3 Å². The highest BCUT2D eigenvalue weighted by Crippen LogP contribution is 2.21. The number of hydrogen-bond donors (Lipinski definition) is 1. The molecule has 146 valence electrons. The molecule has 28 heavy (non-hydrogen) atoms. The average Bonchev–Trinajstić information content (AvgIpc) is 2.72. The zero-order valence-electron chi connectivity index (χ0n) is 16.6. The number of methoxy groups -OCH3 is 1. The monoisotopic (exact) mass is 378 g/mol. The smallest absolute Gasteiger partial charge is 0.253 e. The van der Waals surface area contributed by atoms with Crippen molar-refractivity contribution in [1.29, 1.82) is 0 Å². The molecule has 1 aliphatic rings. The summed E-state index contributed by atoms with van der Waals surface area (Å²) in [7, 11) is 1.66. The summed E-state index contributed by atoms with van der Waals surface area (Å²) in [5, 5.41) is 9.68. The number of amides is 1. The van der Waals surface area contributed by atoms with Crippen LogP contribution in [0.4, 0.5) is 5.69 Å². The number of nitrogens with zero attached hydrogens (tertiary/aromatic N) is 2. The normalized spacial score (nSPS) is 14.3. The molecule has 0 aliphatic carbocycles. The van der Waals surface area contributed by atoms with Gasteiger partial charge in [-0.3, -0.25) is 4.79 Å². The van der Waals surface area contributed by atoms with Gasteiger partial charge in [0.05, 0.1) is 7.11 Å². The van der Waals surface area contributed by atoms with Crippen molar-refractivity contribution < 1.29 is 14.6 Å². The summed E-state index contributed by atoms with van der Waals surface area (Å²) >= 11 is 0. The van der Waals surface area contributed by atoms with E-state index in [1.165, 1.54) is 0 Å². The summed E-state index contributed by atoms with van der Waals surface area (Å²) in [6, 6.07) is 15.2. The van der Waals surface area contributed by atoms with Gasteiger partial charge in [-0.15, -0.1) is 0 Å². The van der Waals surface area contributed by atoms with Crippen LogP contribution in [-0.2, 0) is 0 Å². The third-order valence-corrected chi connectivity index (χ3v) is 4.65. The van der Waals surface area contributed by atoms with E-state index in [4.69, 9.17) is 4.74 Å². The van der Waals surface area contributed by atoms with Crippen LogP contribution in [0.2, 0.25) is 0 Å². The van der Waals surface area contributed by atoms with Crippen molar-refractivity contribution in [3.8, 4) is 17.6 Å². The summed E-state index contributed by atoms with van der Waals surface area (Å²) in [5.41, 5.74) is 1.55. The Bertz CT molecular complexity index is 863. The van der Waals surface area contributed by atoms with E-state index < -0.39 is 5.60 Å². The summed E-state index contributed by atoms with van der Waals surface area (Å²) in [6.45, 7) is 6.25. The maximum absolute atomic E-state index is 12.8. The lowest BCUT2D eigenvalue weighted by molar-refractivity contribution is 0.0746. The molecule has 2 aromatic carbocycles. The first-order chi connectivity index (χ1) is 13.4. The van der Waals surface area contributed by atoms with Gasteiger partial charge in [0.1, 0.15) is 11.4 Å². The van der Waals surface area contributed by atoms with Gasteiger partial charge < -0.3 is 19.6 Å². The van der Waals surface area contributed by atoms with Crippen molar-refractivity contribution in [2.75, 3.05) is 38.2 Å². The number of benzene rings is 2. The van der Waals surface area contributed by atoms with Gasteiger partial charge in [-0.05, 0) is 62.4 Å². The summed E-state index contributed by atoms with van der Waals surface area (Å²) in [4.78, 5) is 16.9. The molecule has 3 rings (SSSR count). The number of carbonyl (C=O) groups is 1. The van der Waals surface area contributed by atoms with Crippen molar-refractivity contribution in [3.05, 3.63) is 59.7 Å². The van der Waals surface area contributed by atoms with Crippen LogP contribution in [0.15, 0.2) is 48.5 Å². The maximum atomic E-state index is 12.8. The van der Waals surface area contributed by atoms with Crippen LogP contribution in [0, 0.1) is 11.8 Å². The third-order valence-electron chi connectivity index (χ3n) is 4.65. The van der Waals surface area contributed by atoms with Gasteiger partial charge in [0, 0.05) is 43.0 Å². The van der Waals surface area contributed by atoms with Crippen LogP contribution in [0.3, 0.4) is 0 Å². The van der Waals surface area contributed by atoms with E-state index in [-0.39, 0.29) is 5.91 Å². The van der Waals surface area contributed by atoms with Gasteiger partial charge in [-0.25, -0.2) is 0 Å². The van der Waals surface area contributed by atoms with Crippen molar-refractivity contribution in [3.63, 3.8) is 0 Å². The first-order valence-electron chi connectivity index (χ1n) is 9.39. The Hall–Kier alpha value is -2.97. The molecule has 0 spiro atoms. The standard InChI is InChI=1S/C23H26N2O3/c1-23(2,27)13-12-18-4-6-19(7-5-18)22(26)25-16-14-24(15-17-25)20-8-10-21(28-3)11-9-20/h4-11,27H,14-17H2,1-3H3. The molecule has 0 saturated carbocycles. The molecule has 5 heteroatoms. The number of anilines is 1. The predicted octanol–water partition coefficient (Wildman–Crippen LogP) is 2.78. The molecule has 0 radical (unpaired) electrons. The van der Waals surface area contributed by atoms with E-state index in [2.05, 4.69) is 16.7 Å². The molecular formula is C23H26N2O3. The van der Waals surface area contributed by atoms with Crippen LogP contribution in [0.5, 0.6) is 5.75 Å². The van der Waals surface area contributed by atoms with Crippen LogP contribution >= 0.6 is 0 Å². The number of rotatable bonds is 3. The first kappa shape index (κ1) is 19.8. The molecular weight excluding hydrogens is 352 g/mol. The lowest BCUT2D eigenvalue weighted by Crippen LogP contribution is -2.48. The molecule has 1 fully saturated rings. The van der Waals surface area contributed by atoms with E-state index in [0.29, 0.717) is 18.7 Å². The molecule has 1 N–H and O–H groups in total. The first-order valence-corrected chi connectivity index (χ1v) is 9.39. The quantitative estimate of drug-likeness (QED) is 0.835. The van der Waals surface area contributed by atoms with Gasteiger partial charge >= 0.3 is 0 Å². The molecule has 0 atom stereocenters. The average molecular weight is 378 g/mol. The highest BCUT2D eigenvalue weighted by Gasteiger charge is 2.22. The zero-order chi connectivity index (χ0) is 20.1.